The van der Waals surface area contributed by atoms with Crippen LogP contribution in [-0.2, 0) is 29.1 Å². The average Bonchev–Trinajstić information content (AvgIpc) is 3.62. The first-order valence-electron chi connectivity index (χ1n) is 17.5. The number of rotatable bonds is 6. The van der Waals surface area contributed by atoms with Gasteiger partial charge in [0.25, 0.3) is 0 Å². The first kappa shape index (κ1) is 36.6. The van der Waals surface area contributed by atoms with Crippen molar-refractivity contribution in [1.82, 2.24) is 0 Å². The summed E-state index contributed by atoms with van der Waals surface area (Å²) >= 11 is 0. The van der Waals surface area contributed by atoms with Crippen molar-refractivity contribution in [1.29, 1.82) is 0 Å². The lowest BCUT2D eigenvalue weighted by molar-refractivity contribution is 0.00718. The van der Waals surface area contributed by atoms with Gasteiger partial charge in [-0.3, -0.25) is 0 Å². The van der Waals surface area contributed by atoms with Crippen molar-refractivity contribution in [2.45, 2.75) is 66.4 Å². The molecule has 10 heteroatoms. The summed E-state index contributed by atoms with van der Waals surface area (Å²) in [4.78, 5) is 0.567. The predicted molar refractivity (Wildman–Crippen MR) is 204 cm³/mol. The highest BCUT2D eigenvalue weighted by atomic mass is 32.2. The van der Waals surface area contributed by atoms with E-state index in [2.05, 4.69) is 6.58 Å². The molecular formula is C43H40F2O6S2. The number of benzene rings is 4. The molecular weight excluding hydrogens is 715 g/mol. The average molecular weight is 755 g/mol. The summed E-state index contributed by atoms with van der Waals surface area (Å²) in [6, 6.07) is 26.6. The van der Waals surface area contributed by atoms with Gasteiger partial charge in [0.05, 0.1) is 9.79 Å². The molecule has 0 amide bonds. The van der Waals surface area contributed by atoms with Crippen molar-refractivity contribution in [2.75, 3.05) is 12.5 Å². The maximum absolute atomic E-state index is 13.8. The van der Waals surface area contributed by atoms with Crippen LogP contribution in [0.15, 0.2) is 131 Å². The van der Waals surface area contributed by atoms with Crippen molar-refractivity contribution in [3.63, 3.8) is 0 Å². The Kier molecular flexibility index (Phi) is 9.35. The first-order chi connectivity index (χ1) is 25.1. The summed E-state index contributed by atoms with van der Waals surface area (Å²) in [7, 11) is -6.51. The Morgan fingerprint density at radius 1 is 0.604 bits per heavy atom. The fraction of sp³-hybridized carbons (Fsp3) is 0.256. The minimum Gasteiger partial charge on any atom is -0.482 e. The summed E-state index contributed by atoms with van der Waals surface area (Å²) < 4.78 is 86.8. The molecule has 8 rings (SSSR count). The first-order valence-corrected chi connectivity index (χ1v) is 21.3. The minimum absolute atomic E-state index is 0.273. The fourth-order valence-corrected chi connectivity index (χ4v) is 8.94. The van der Waals surface area contributed by atoms with Crippen LogP contribution in [0.1, 0.15) is 67.7 Å². The molecule has 0 saturated heterocycles. The zero-order chi connectivity index (χ0) is 37.8. The van der Waals surface area contributed by atoms with Gasteiger partial charge < -0.3 is 9.47 Å². The number of allylic oxidation sites excluding steroid dienone is 3. The van der Waals surface area contributed by atoms with Crippen LogP contribution in [0.5, 0.6) is 0 Å². The van der Waals surface area contributed by atoms with E-state index in [4.69, 9.17) is 9.47 Å². The van der Waals surface area contributed by atoms with Gasteiger partial charge >= 0.3 is 0 Å². The summed E-state index contributed by atoms with van der Waals surface area (Å²) in [5.41, 5.74) is 6.43. The lowest BCUT2D eigenvalue weighted by Gasteiger charge is -2.40. The molecule has 6 nitrogen and oxygen atoms in total. The SMILES string of the molecule is C/C=C1\OC2(CCC2)C(c2ccc(S(C)(=O)=O)cc2)=C1c1ccc(F)cc1.C=C1OC2(CCC2)C(c2ccc(S(C)(=O)=O)cc2)=C1c1cccc(F)c1. The second kappa shape index (κ2) is 13.6. The molecule has 4 aromatic carbocycles. The van der Waals surface area contributed by atoms with Crippen LogP contribution in [0, 0.1) is 11.6 Å². The summed E-state index contributed by atoms with van der Waals surface area (Å²) in [6.45, 7) is 5.98. The quantitative estimate of drug-likeness (QED) is 0.195. The summed E-state index contributed by atoms with van der Waals surface area (Å²) in [5, 5.41) is 0. The Morgan fingerprint density at radius 3 is 1.51 bits per heavy atom. The third kappa shape index (κ3) is 6.79. The molecule has 2 aliphatic heterocycles. The van der Waals surface area contributed by atoms with E-state index < -0.39 is 25.3 Å². The molecule has 2 spiro atoms. The molecule has 2 aliphatic carbocycles. The van der Waals surface area contributed by atoms with E-state index in [1.807, 2.05) is 31.2 Å². The molecule has 0 radical (unpaired) electrons. The van der Waals surface area contributed by atoms with Crippen molar-refractivity contribution in [3.8, 4) is 0 Å². The number of hydrogen-bond donors (Lipinski definition) is 0. The van der Waals surface area contributed by atoms with Gasteiger partial charge in [-0.25, -0.2) is 25.6 Å². The molecule has 274 valence electrons. The van der Waals surface area contributed by atoms with Gasteiger partial charge in [0, 0.05) is 34.8 Å². The van der Waals surface area contributed by atoms with Crippen molar-refractivity contribution < 1.29 is 35.1 Å². The van der Waals surface area contributed by atoms with Crippen molar-refractivity contribution >= 4 is 42.0 Å². The molecule has 0 atom stereocenters. The maximum Gasteiger partial charge on any atom is 0.175 e. The van der Waals surface area contributed by atoms with Crippen LogP contribution in [0.4, 0.5) is 8.78 Å². The molecule has 2 saturated carbocycles. The molecule has 4 aliphatic rings. The number of halogens is 2. The van der Waals surface area contributed by atoms with Crippen LogP contribution in [0.2, 0.25) is 0 Å². The monoisotopic (exact) mass is 754 g/mol. The number of sulfone groups is 2. The van der Waals surface area contributed by atoms with E-state index >= 15 is 0 Å². The zero-order valence-corrected chi connectivity index (χ0v) is 31.4. The smallest absolute Gasteiger partial charge is 0.175 e. The van der Waals surface area contributed by atoms with E-state index in [1.165, 1.54) is 36.8 Å². The molecule has 2 heterocycles. The largest absolute Gasteiger partial charge is 0.482 e. The maximum atomic E-state index is 13.8. The Bertz CT molecular complexity index is 2420. The van der Waals surface area contributed by atoms with E-state index in [0.29, 0.717) is 10.7 Å². The minimum atomic E-state index is -3.26. The summed E-state index contributed by atoms with van der Waals surface area (Å²) in [5.74, 6) is 0.739. The summed E-state index contributed by atoms with van der Waals surface area (Å²) in [6.07, 6.45) is 10.0. The van der Waals surface area contributed by atoms with Crippen LogP contribution in [0.25, 0.3) is 22.3 Å². The molecule has 0 aromatic heterocycles. The van der Waals surface area contributed by atoms with Crippen molar-refractivity contribution in [3.05, 3.63) is 155 Å². The number of ether oxygens (including phenoxy) is 2. The molecule has 53 heavy (non-hydrogen) atoms. The van der Waals surface area contributed by atoms with Gasteiger partial charge in [-0.1, -0.05) is 55.1 Å². The van der Waals surface area contributed by atoms with E-state index in [9.17, 15) is 25.6 Å². The standard InChI is InChI=1S/C22H21FO3S.C21H19FO3S/c1-3-19-20(15-5-9-17(23)10-6-15)21(22(26-19)13-4-14-22)16-7-11-18(12-8-16)27(2,24)25;1-14-19(16-5-3-6-17(22)13-16)20(21(25-14)11-4-12-21)15-7-9-18(10-8-15)26(2,23)24/h3,5-12H,4,13-14H2,1-2H3;3,5-10,13H,1,4,11-12H2,2H3/b19-3-;. The Labute approximate surface area is 310 Å². The topological polar surface area (TPSA) is 86.7 Å². The fourth-order valence-electron chi connectivity index (χ4n) is 7.68. The Hall–Kier alpha value is -4.80. The second-order valence-electron chi connectivity index (χ2n) is 14.1. The molecule has 4 aromatic rings. The predicted octanol–water partition coefficient (Wildman–Crippen LogP) is 9.60. The van der Waals surface area contributed by atoms with Crippen LogP contribution in [-0.4, -0.2) is 40.5 Å². The highest BCUT2D eigenvalue weighted by Gasteiger charge is 2.51. The van der Waals surface area contributed by atoms with Crippen LogP contribution in [0.3, 0.4) is 0 Å². The zero-order valence-electron chi connectivity index (χ0n) is 29.8. The van der Waals surface area contributed by atoms with E-state index in [1.54, 1.807) is 54.6 Å². The van der Waals surface area contributed by atoms with Gasteiger partial charge in [0.1, 0.15) is 34.4 Å². The van der Waals surface area contributed by atoms with Crippen LogP contribution < -0.4 is 0 Å². The Balaban J connectivity index is 0.000000164. The third-order valence-electron chi connectivity index (χ3n) is 10.5. The third-order valence-corrected chi connectivity index (χ3v) is 12.8. The van der Waals surface area contributed by atoms with Crippen LogP contribution >= 0.6 is 0 Å². The molecule has 0 N–H and O–H groups in total. The van der Waals surface area contributed by atoms with Gasteiger partial charge in [-0.15, -0.1) is 0 Å². The molecule has 2 fully saturated rings. The lowest BCUT2D eigenvalue weighted by atomic mass is 9.71. The number of hydrogen-bond acceptors (Lipinski definition) is 6. The van der Waals surface area contributed by atoms with Gasteiger partial charge in [0.15, 0.2) is 19.7 Å². The van der Waals surface area contributed by atoms with E-state index in [0.717, 1.165) is 88.8 Å². The van der Waals surface area contributed by atoms with Gasteiger partial charge in [-0.2, -0.15) is 0 Å². The second-order valence-corrected chi connectivity index (χ2v) is 18.1. The van der Waals surface area contributed by atoms with Gasteiger partial charge in [0.2, 0.25) is 0 Å². The Morgan fingerprint density at radius 2 is 1.08 bits per heavy atom. The van der Waals surface area contributed by atoms with Crippen molar-refractivity contribution in [2.24, 2.45) is 0 Å². The van der Waals surface area contributed by atoms with E-state index in [-0.39, 0.29) is 22.1 Å². The van der Waals surface area contributed by atoms with Gasteiger partial charge in [-0.05, 0) is 122 Å². The highest BCUT2D eigenvalue weighted by molar-refractivity contribution is 7.91. The molecule has 0 bridgehead atoms. The normalized spacial score (nSPS) is 19.4. The molecule has 0 unspecified atom stereocenters. The highest BCUT2D eigenvalue weighted by Crippen LogP contribution is 2.58. The lowest BCUT2D eigenvalue weighted by Crippen LogP contribution is -2.38.